The van der Waals surface area contributed by atoms with Crippen molar-refractivity contribution in [2.75, 3.05) is 20.6 Å². The molecule has 0 radical (unpaired) electrons. The summed E-state index contributed by atoms with van der Waals surface area (Å²) < 4.78 is 5.66. The van der Waals surface area contributed by atoms with Crippen LogP contribution >= 0.6 is 0 Å². The van der Waals surface area contributed by atoms with Gasteiger partial charge in [-0.25, -0.2) is 4.79 Å². The summed E-state index contributed by atoms with van der Waals surface area (Å²) in [5, 5.41) is 3.21. The smallest absolute Gasteiger partial charge is 0.410 e. The highest BCUT2D eigenvalue weighted by atomic mass is 16.6. The lowest BCUT2D eigenvalue weighted by molar-refractivity contribution is 0.162. The highest BCUT2D eigenvalue weighted by Gasteiger charge is 2.26. The first-order chi connectivity index (χ1) is 16.5. The molecule has 4 nitrogen and oxygen atoms in total. The average Bonchev–Trinajstić information content (AvgIpc) is 3.01. The Morgan fingerprint density at radius 1 is 1.12 bits per heavy atom. The number of ether oxygens (including phenoxy) is 1. The molecule has 0 saturated carbocycles. The maximum Gasteiger partial charge on any atom is 0.414 e. The first-order valence-electron chi connectivity index (χ1n) is 12.4. The van der Waals surface area contributed by atoms with Crippen LogP contribution in [0.4, 0.5) is 4.79 Å². The van der Waals surface area contributed by atoms with Gasteiger partial charge in [0.15, 0.2) is 0 Å². The molecule has 0 spiro atoms. The van der Waals surface area contributed by atoms with E-state index < -0.39 is 0 Å². The van der Waals surface area contributed by atoms with Crippen LogP contribution in [0.15, 0.2) is 77.9 Å². The van der Waals surface area contributed by atoms with E-state index in [0.717, 1.165) is 24.8 Å². The monoisotopic (exact) mass is 456 g/mol. The van der Waals surface area contributed by atoms with Gasteiger partial charge in [-0.05, 0) is 79.1 Å². The first kappa shape index (κ1) is 24.0. The second-order valence-electron chi connectivity index (χ2n) is 9.48. The van der Waals surface area contributed by atoms with Gasteiger partial charge in [-0.1, -0.05) is 67.6 Å². The van der Waals surface area contributed by atoms with Crippen molar-refractivity contribution in [1.82, 2.24) is 10.2 Å². The maximum atomic E-state index is 12.7. The van der Waals surface area contributed by atoms with Crippen LogP contribution < -0.4 is 10.1 Å². The third-order valence-electron chi connectivity index (χ3n) is 7.13. The summed E-state index contributed by atoms with van der Waals surface area (Å²) in [5.41, 5.74) is 6.65. The van der Waals surface area contributed by atoms with Crippen molar-refractivity contribution >= 4 is 12.2 Å². The van der Waals surface area contributed by atoms with E-state index in [-0.39, 0.29) is 12.1 Å². The molecule has 0 fully saturated rings. The molecule has 0 heterocycles. The molecule has 0 bridgehead atoms. The Morgan fingerprint density at radius 2 is 1.94 bits per heavy atom. The van der Waals surface area contributed by atoms with Gasteiger partial charge in [0.1, 0.15) is 5.75 Å². The SMILES string of the molecule is CN[C@@H](C)c1cccc(OC(=O)N(C)CCCC2C3=C(C=Cc4ccccc42)C(C)CC=C3)c1. The van der Waals surface area contributed by atoms with Crippen LogP contribution in [-0.2, 0) is 0 Å². The Kier molecular flexibility index (Phi) is 7.69. The fourth-order valence-electron chi connectivity index (χ4n) is 4.94. The van der Waals surface area contributed by atoms with E-state index in [1.165, 1.54) is 22.3 Å². The fraction of sp³-hybridized carbons (Fsp3) is 0.367. The summed E-state index contributed by atoms with van der Waals surface area (Å²) in [6.07, 6.45) is 11.9. The number of rotatable bonds is 7. The summed E-state index contributed by atoms with van der Waals surface area (Å²) in [6.45, 7) is 5.04. The molecule has 0 aliphatic heterocycles. The summed E-state index contributed by atoms with van der Waals surface area (Å²) in [6, 6.07) is 16.6. The maximum absolute atomic E-state index is 12.7. The van der Waals surface area contributed by atoms with Crippen LogP contribution in [0, 0.1) is 5.92 Å². The van der Waals surface area contributed by atoms with Crippen molar-refractivity contribution in [3.63, 3.8) is 0 Å². The van der Waals surface area contributed by atoms with Gasteiger partial charge in [0.05, 0.1) is 0 Å². The normalized spacial score (nSPS) is 19.8. The Labute approximate surface area is 204 Å². The Balaban J connectivity index is 1.41. The lowest BCUT2D eigenvalue weighted by Crippen LogP contribution is -2.31. The third-order valence-corrected chi connectivity index (χ3v) is 7.13. The number of allylic oxidation sites excluding steroid dienone is 5. The van der Waals surface area contributed by atoms with E-state index in [9.17, 15) is 4.79 Å². The Hall–Kier alpha value is -3.11. The van der Waals surface area contributed by atoms with Crippen molar-refractivity contribution in [3.05, 3.63) is 94.6 Å². The van der Waals surface area contributed by atoms with Gasteiger partial charge in [0.25, 0.3) is 0 Å². The predicted octanol–water partition coefficient (Wildman–Crippen LogP) is 6.88. The molecule has 1 amide bonds. The number of hydrogen-bond donors (Lipinski definition) is 1. The van der Waals surface area contributed by atoms with Crippen LogP contribution in [0.3, 0.4) is 0 Å². The van der Waals surface area contributed by atoms with Crippen molar-refractivity contribution in [2.24, 2.45) is 5.92 Å². The highest BCUT2D eigenvalue weighted by Crippen LogP contribution is 2.41. The minimum Gasteiger partial charge on any atom is -0.410 e. The molecule has 0 saturated heterocycles. The molecule has 178 valence electrons. The van der Waals surface area contributed by atoms with E-state index in [4.69, 9.17) is 4.74 Å². The predicted molar refractivity (Wildman–Crippen MR) is 140 cm³/mol. The molecule has 0 aromatic heterocycles. The van der Waals surface area contributed by atoms with Crippen LogP contribution in [0.2, 0.25) is 0 Å². The number of carbonyl (C=O) groups is 1. The van der Waals surface area contributed by atoms with Crippen molar-refractivity contribution in [2.45, 2.75) is 45.1 Å². The lowest BCUT2D eigenvalue weighted by atomic mass is 9.79. The van der Waals surface area contributed by atoms with E-state index in [1.807, 2.05) is 38.4 Å². The first-order valence-corrected chi connectivity index (χ1v) is 12.4. The molecule has 2 aliphatic rings. The molecule has 2 unspecified atom stereocenters. The van der Waals surface area contributed by atoms with Crippen LogP contribution in [0.1, 0.15) is 61.8 Å². The van der Waals surface area contributed by atoms with E-state index >= 15 is 0 Å². The highest BCUT2D eigenvalue weighted by molar-refractivity contribution is 5.70. The number of amides is 1. The summed E-state index contributed by atoms with van der Waals surface area (Å²) in [4.78, 5) is 14.4. The summed E-state index contributed by atoms with van der Waals surface area (Å²) in [7, 11) is 3.74. The molecule has 34 heavy (non-hydrogen) atoms. The molecule has 2 aromatic rings. The number of nitrogens with one attached hydrogen (secondary N) is 1. The number of benzene rings is 2. The number of carbonyl (C=O) groups excluding carboxylic acids is 1. The summed E-state index contributed by atoms with van der Waals surface area (Å²) >= 11 is 0. The standard InChI is InChI=1S/C30H36N2O2/c1-21-10-7-15-28-26(21)18-17-23-11-5-6-14-27(23)29(28)16-9-19-32(4)30(33)34-25-13-8-12-24(20-25)22(2)31-3/h5-8,11-15,17-18,20-22,29,31H,9-10,16,19H2,1-4H3/t21?,22-,29?/m0/s1. The average molecular weight is 457 g/mol. The number of fused-ring (bicyclic) bond motifs is 1. The molecule has 4 rings (SSSR count). The Bertz CT molecular complexity index is 1110. The zero-order chi connectivity index (χ0) is 24.1. The van der Waals surface area contributed by atoms with Gasteiger partial charge in [0.2, 0.25) is 0 Å². The zero-order valence-corrected chi connectivity index (χ0v) is 20.8. The summed E-state index contributed by atoms with van der Waals surface area (Å²) in [5.74, 6) is 1.45. The minimum absolute atomic E-state index is 0.198. The number of nitrogens with zero attached hydrogens (tertiary/aromatic N) is 1. The molecular weight excluding hydrogens is 420 g/mol. The fourth-order valence-corrected chi connectivity index (χ4v) is 4.94. The molecular formula is C30H36N2O2. The van der Waals surface area contributed by atoms with E-state index in [1.54, 1.807) is 4.90 Å². The van der Waals surface area contributed by atoms with Gasteiger partial charge < -0.3 is 15.0 Å². The van der Waals surface area contributed by atoms with Crippen LogP contribution in [0.25, 0.3) is 6.08 Å². The minimum atomic E-state index is -0.316. The quantitative estimate of drug-likeness (QED) is 0.494. The van der Waals surface area contributed by atoms with Crippen LogP contribution in [-0.4, -0.2) is 31.6 Å². The number of hydrogen-bond acceptors (Lipinski definition) is 3. The van der Waals surface area contributed by atoms with Gasteiger partial charge in [-0.2, -0.15) is 0 Å². The second kappa shape index (κ2) is 10.9. The molecule has 1 N–H and O–H groups in total. The van der Waals surface area contributed by atoms with Gasteiger partial charge in [-0.3, -0.25) is 0 Å². The van der Waals surface area contributed by atoms with Crippen molar-refractivity contribution in [1.29, 1.82) is 0 Å². The van der Waals surface area contributed by atoms with E-state index in [0.29, 0.717) is 24.1 Å². The van der Waals surface area contributed by atoms with Crippen molar-refractivity contribution < 1.29 is 9.53 Å². The lowest BCUT2D eigenvalue weighted by Gasteiger charge is -2.27. The van der Waals surface area contributed by atoms with E-state index in [2.05, 4.69) is 67.7 Å². The molecule has 2 aromatic carbocycles. The molecule has 3 atom stereocenters. The second-order valence-corrected chi connectivity index (χ2v) is 9.48. The van der Waals surface area contributed by atoms with Gasteiger partial charge >= 0.3 is 6.09 Å². The largest absolute Gasteiger partial charge is 0.414 e. The molecule has 4 heteroatoms. The van der Waals surface area contributed by atoms with Gasteiger partial charge in [-0.15, -0.1) is 0 Å². The van der Waals surface area contributed by atoms with Crippen LogP contribution in [0.5, 0.6) is 5.75 Å². The van der Waals surface area contributed by atoms with Gasteiger partial charge in [0, 0.05) is 25.6 Å². The van der Waals surface area contributed by atoms with Crippen molar-refractivity contribution in [3.8, 4) is 5.75 Å². The zero-order valence-electron chi connectivity index (χ0n) is 20.8. The Morgan fingerprint density at radius 3 is 2.76 bits per heavy atom. The molecule has 2 aliphatic carbocycles. The third kappa shape index (κ3) is 5.34. The topological polar surface area (TPSA) is 41.6 Å².